The molecule has 21 heteroatoms. The molecule has 0 spiro atoms. The monoisotopic (exact) mass is 809 g/mol. The molecule has 0 bridgehead atoms. The topological polar surface area (TPSA) is 233 Å². The molecule has 2 saturated heterocycles. The molecule has 0 radical (unpaired) electrons. The number of aliphatic hydroxyl groups is 1. The second-order valence-corrected chi connectivity index (χ2v) is 14.4. The standard InChI is InChI=1S/C37H59N15O6/c1-4-20-56-22-24-58-25-23-57-21-10-39-35-40-36(49-15-11-47(12-16-49)32(54)28-51-26-30(43-45-51)7-5-6-9-38)42-37(41-35)50-17-13-48(14-18-50)34(55)33(29(2)3)52-27-31(8-19-53)44-46-52/h1,26-27,29,33,53H,5-25,28,38H2,2-3H3,(H,39,40,41,42). The Balaban J connectivity index is 1.18. The van der Waals surface area contributed by atoms with Crippen molar-refractivity contribution in [3.8, 4) is 12.3 Å². The molecule has 5 heterocycles. The molecule has 4 N–H and O–H groups in total. The summed E-state index contributed by atoms with van der Waals surface area (Å²) in [6, 6.07) is -0.515. The maximum Gasteiger partial charge on any atom is 0.247 e. The molecule has 2 fully saturated rings. The van der Waals surface area contributed by atoms with Gasteiger partial charge in [0, 0.05) is 84.3 Å². The zero-order valence-corrected chi connectivity index (χ0v) is 33.8. The van der Waals surface area contributed by atoms with E-state index in [1.54, 1.807) is 15.6 Å². The van der Waals surface area contributed by atoms with Crippen molar-refractivity contribution in [2.24, 2.45) is 11.7 Å². The Morgan fingerprint density at radius 3 is 2.09 bits per heavy atom. The van der Waals surface area contributed by atoms with E-state index in [0.717, 1.165) is 25.0 Å². The van der Waals surface area contributed by atoms with Gasteiger partial charge in [0.1, 0.15) is 19.2 Å². The van der Waals surface area contributed by atoms with Gasteiger partial charge in [0.2, 0.25) is 29.7 Å². The van der Waals surface area contributed by atoms with E-state index in [2.05, 4.69) is 41.7 Å². The van der Waals surface area contributed by atoms with Crippen LogP contribution in [0.25, 0.3) is 0 Å². The lowest BCUT2D eigenvalue weighted by Crippen LogP contribution is -2.52. The summed E-state index contributed by atoms with van der Waals surface area (Å²) in [7, 11) is 0. The van der Waals surface area contributed by atoms with E-state index >= 15 is 0 Å². The summed E-state index contributed by atoms with van der Waals surface area (Å²) in [5.74, 6) is 3.74. The second kappa shape index (κ2) is 23.4. The number of nitrogens with zero attached hydrogens (tertiary/aromatic N) is 13. The molecule has 5 rings (SSSR count). The van der Waals surface area contributed by atoms with Crippen LogP contribution in [0, 0.1) is 18.3 Å². The van der Waals surface area contributed by atoms with Crippen molar-refractivity contribution in [2.45, 2.75) is 52.1 Å². The van der Waals surface area contributed by atoms with Crippen LogP contribution in [-0.4, -0.2) is 183 Å². The minimum atomic E-state index is -0.515. The maximum atomic E-state index is 13.8. The Labute approximate surface area is 339 Å². The minimum absolute atomic E-state index is 0.0213. The number of aromatic nitrogens is 9. The number of aliphatic hydroxyl groups excluding tert-OH is 1. The van der Waals surface area contributed by atoms with Crippen molar-refractivity contribution < 1.29 is 28.9 Å². The molecule has 3 aromatic rings. The molecule has 2 aliphatic rings. The average Bonchev–Trinajstić information content (AvgIpc) is 3.89. The predicted octanol–water partition coefficient (Wildman–Crippen LogP) is -1.14. The number of unbranched alkanes of at least 4 members (excludes halogenated alkanes) is 1. The van der Waals surface area contributed by atoms with Gasteiger partial charge in [-0.2, -0.15) is 15.0 Å². The minimum Gasteiger partial charge on any atom is -0.396 e. The molecule has 1 atom stereocenters. The lowest BCUT2D eigenvalue weighted by molar-refractivity contribution is -0.137. The Hall–Kier alpha value is -5.01. The third kappa shape index (κ3) is 13.3. The summed E-state index contributed by atoms with van der Waals surface area (Å²) in [6.07, 6.45) is 11.8. The molecule has 2 amide bonds. The fourth-order valence-electron chi connectivity index (χ4n) is 6.59. The predicted molar refractivity (Wildman–Crippen MR) is 214 cm³/mol. The van der Waals surface area contributed by atoms with Crippen LogP contribution in [-0.2, 0) is 43.2 Å². The van der Waals surface area contributed by atoms with Gasteiger partial charge in [-0.05, 0) is 31.7 Å². The van der Waals surface area contributed by atoms with Crippen LogP contribution in [0.4, 0.5) is 17.8 Å². The Bertz CT molecular complexity index is 1730. The van der Waals surface area contributed by atoms with E-state index in [4.69, 9.17) is 41.3 Å². The first kappa shape index (κ1) is 44.1. The molecule has 2 aliphatic heterocycles. The van der Waals surface area contributed by atoms with Crippen LogP contribution in [0.2, 0.25) is 0 Å². The number of amides is 2. The smallest absolute Gasteiger partial charge is 0.247 e. The Morgan fingerprint density at radius 1 is 0.828 bits per heavy atom. The number of carbonyl (C=O) groups excluding carboxylic acids is 2. The Morgan fingerprint density at radius 2 is 1.45 bits per heavy atom. The molecule has 58 heavy (non-hydrogen) atoms. The highest BCUT2D eigenvalue weighted by Gasteiger charge is 2.33. The third-order valence-electron chi connectivity index (χ3n) is 9.73. The van der Waals surface area contributed by atoms with E-state index in [0.29, 0.717) is 128 Å². The average molecular weight is 810 g/mol. The Kier molecular flexibility index (Phi) is 17.8. The summed E-state index contributed by atoms with van der Waals surface area (Å²) in [4.78, 5) is 49.3. The first-order chi connectivity index (χ1) is 28.3. The number of ether oxygens (including phenoxy) is 3. The van der Waals surface area contributed by atoms with Crippen LogP contribution in [0.15, 0.2) is 12.4 Å². The molecule has 0 saturated carbocycles. The van der Waals surface area contributed by atoms with E-state index in [1.165, 1.54) is 0 Å². The number of nitrogens with one attached hydrogen (secondary N) is 1. The quantitative estimate of drug-likeness (QED) is 0.0717. The van der Waals surface area contributed by atoms with Gasteiger partial charge in [-0.15, -0.1) is 16.6 Å². The van der Waals surface area contributed by atoms with Gasteiger partial charge >= 0.3 is 0 Å². The lowest BCUT2D eigenvalue weighted by atomic mass is 10.0. The highest BCUT2D eigenvalue weighted by atomic mass is 16.5. The number of hydrogen-bond acceptors (Lipinski definition) is 17. The van der Waals surface area contributed by atoms with E-state index in [-0.39, 0.29) is 37.5 Å². The number of hydrogen-bond donors (Lipinski definition) is 3. The third-order valence-corrected chi connectivity index (χ3v) is 9.73. The van der Waals surface area contributed by atoms with Crippen molar-refractivity contribution in [2.75, 3.05) is 127 Å². The van der Waals surface area contributed by atoms with E-state index in [9.17, 15) is 14.7 Å². The van der Waals surface area contributed by atoms with Crippen molar-refractivity contribution >= 4 is 29.7 Å². The fraction of sp³-hybridized carbons (Fsp3) is 0.703. The van der Waals surface area contributed by atoms with Crippen LogP contribution >= 0.6 is 0 Å². The number of piperazine rings is 2. The molecule has 3 aromatic heterocycles. The highest BCUT2D eigenvalue weighted by Crippen LogP contribution is 2.24. The van der Waals surface area contributed by atoms with E-state index in [1.807, 2.05) is 29.8 Å². The second-order valence-electron chi connectivity index (χ2n) is 14.4. The zero-order chi connectivity index (χ0) is 41.1. The normalized spacial score (nSPS) is 15.2. The summed E-state index contributed by atoms with van der Waals surface area (Å²) in [5.41, 5.74) is 7.10. The van der Waals surface area contributed by atoms with Gasteiger partial charge in [0.25, 0.3) is 0 Å². The van der Waals surface area contributed by atoms with Crippen molar-refractivity contribution in [1.29, 1.82) is 0 Å². The van der Waals surface area contributed by atoms with Gasteiger partial charge < -0.3 is 50.0 Å². The summed E-state index contributed by atoms with van der Waals surface area (Å²) in [6.45, 7) is 11.6. The number of anilines is 3. The van der Waals surface area contributed by atoms with Gasteiger partial charge in [0.05, 0.1) is 44.4 Å². The van der Waals surface area contributed by atoms with Gasteiger partial charge in [0.15, 0.2) is 0 Å². The van der Waals surface area contributed by atoms with Crippen molar-refractivity contribution in [3.63, 3.8) is 0 Å². The molecule has 0 aliphatic carbocycles. The van der Waals surface area contributed by atoms with Gasteiger partial charge in [-0.25, -0.2) is 9.36 Å². The zero-order valence-electron chi connectivity index (χ0n) is 33.8. The molecular formula is C37H59N15O6. The summed E-state index contributed by atoms with van der Waals surface area (Å²) < 4.78 is 19.6. The maximum absolute atomic E-state index is 13.8. The first-order valence-electron chi connectivity index (χ1n) is 20.1. The van der Waals surface area contributed by atoms with Crippen LogP contribution in [0.3, 0.4) is 0 Å². The van der Waals surface area contributed by atoms with Crippen LogP contribution in [0.1, 0.15) is 44.1 Å². The highest BCUT2D eigenvalue weighted by molar-refractivity contribution is 5.81. The largest absolute Gasteiger partial charge is 0.396 e. The fourth-order valence-corrected chi connectivity index (χ4v) is 6.59. The number of carbonyl (C=O) groups is 2. The van der Waals surface area contributed by atoms with Crippen LogP contribution < -0.4 is 20.9 Å². The van der Waals surface area contributed by atoms with Gasteiger partial charge in [-0.3, -0.25) is 9.59 Å². The summed E-state index contributed by atoms with van der Waals surface area (Å²) in [5, 5.41) is 29.3. The number of terminal acetylenes is 1. The van der Waals surface area contributed by atoms with Crippen molar-refractivity contribution in [3.05, 3.63) is 23.8 Å². The van der Waals surface area contributed by atoms with Crippen molar-refractivity contribution in [1.82, 2.24) is 54.7 Å². The lowest BCUT2D eigenvalue weighted by Gasteiger charge is -2.38. The van der Waals surface area contributed by atoms with Crippen LogP contribution in [0.5, 0.6) is 0 Å². The summed E-state index contributed by atoms with van der Waals surface area (Å²) >= 11 is 0. The first-order valence-corrected chi connectivity index (χ1v) is 20.1. The molecular weight excluding hydrogens is 751 g/mol. The molecule has 318 valence electrons. The number of rotatable bonds is 24. The van der Waals surface area contributed by atoms with Gasteiger partial charge in [-0.1, -0.05) is 30.2 Å². The SMILES string of the molecule is C#CCOCCOCCOCCNc1nc(N2CCN(C(=O)Cn3cc(CCCCN)nn3)CC2)nc(N2CCN(C(=O)C(C(C)C)n3cc(CCO)nn3)CC2)n1. The molecule has 21 nitrogen and oxygen atoms in total. The molecule has 1 unspecified atom stereocenters. The number of aryl methyl sites for hydroxylation is 1. The van der Waals surface area contributed by atoms with E-state index < -0.39 is 6.04 Å². The molecule has 0 aromatic carbocycles. The number of nitrogens with two attached hydrogens (primary N) is 1.